The fourth-order valence-electron chi connectivity index (χ4n) is 8.88. The normalized spacial score (nSPS) is 20.1. The number of nitrogens with zero attached hydrogens (tertiary/aromatic N) is 2. The minimum Gasteiger partial charge on any atom is -0.497 e. The van der Waals surface area contributed by atoms with Crippen molar-refractivity contribution in [3.05, 3.63) is 155 Å². The van der Waals surface area contributed by atoms with Crippen molar-refractivity contribution in [2.75, 3.05) is 30.5 Å². The number of fused-ring (bicyclic) bond motifs is 2. The lowest BCUT2D eigenvalue weighted by Crippen LogP contribution is -2.52. The number of nitrogens with one attached hydrogen (secondary N) is 1. The predicted octanol–water partition coefficient (Wildman–Crippen LogP) is 7.77. The van der Waals surface area contributed by atoms with Crippen LogP contribution in [0.4, 0.5) is 11.4 Å². The van der Waals surface area contributed by atoms with Crippen LogP contribution < -0.4 is 20.1 Å². The lowest BCUT2D eigenvalue weighted by molar-refractivity contribution is -0.150. The summed E-state index contributed by atoms with van der Waals surface area (Å²) in [4.78, 5) is 46.1. The summed E-state index contributed by atoms with van der Waals surface area (Å²) in [5.74, 6) is -0.215. The van der Waals surface area contributed by atoms with Crippen LogP contribution in [0.1, 0.15) is 40.4 Å². The molecule has 57 heavy (non-hydrogen) atoms. The second-order valence-electron chi connectivity index (χ2n) is 15.5. The number of methoxy groups -OCH3 is 1. The first-order valence-electron chi connectivity index (χ1n) is 19.3. The van der Waals surface area contributed by atoms with Gasteiger partial charge in [-0.3, -0.25) is 14.4 Å². The van der Waals surface area contributed by atoms with Gasteiger partial charge >= 0.3 is 0 Å². The summed E-state index contributed by atoms with van der Waals surface area (Å²) in [5.41, 5.74) is 2.68. The number of anilines is 2. The van der Waals surface area contributed by atoms with Gasteiger partial charge in [-0.15, -0.1) is 0 Å². The number of benzene rings is 5. The highest BCUT2D eigenvalue weighted by Crippen LogP contribution is 2.60. The fraction of sp³-hybridized carbons (Fsp3) is 0.283. The van der Waals surface area contributed by atoms with Gasteiger partial charge in [0.2, 0.25) is 5.91 Å². The number of aliphatic hydroxyl groups is 1. The summed E-state index contributed by atoms with van der Waals surface area (Å²) in [7, 11) is -0.913. The van der Waals surface area contributed by atoms with Crippen molar-refractivity contribution in [2.45, 2.75) is 56.8 Å². The molecule has 11 heteroatoms. The molecule has 5 aromatic carbocycles. The number of ether oxygens (including phenoxy) is 2. The number of rotatable bonds is 13. The molecule has 1 spiro atoms. The Labute approximate surface area is 340 Å². The topological polar surface area (TPSA) is 108 Å². The van der Waals surface area contributed by atoms with Crippen molar-refractivity contribution in [2.24, 2.45) is 5.92 Å². The highest BCUT2D eigenvalue weighted by Gasteiger charge is 2.66. The van der Waals surface area contributed by atoms with Crippen LogP contribution in [0.5, 0.6) is 5.75 Å². The molecule has 5 aromatic rings. The summed E-state index contributed by atoms with van der Waals surface area (Å²) in [6.45, 7) is 7.17. The zero-order chi connectivity index (χ0) is 40.3. The number of amides is 3. The molecular formula is C46H48ClN3O6Si. The predicted molar refractivity (Wildman–Crippen MR) is 227 cm³/mol. The maximum Gasteiger partial charge on any atom is 0.264 e. The van der Waals surface area contributed by atoms with Gasteiger partial charge in [0.25, 0.3) is 11.8 Å². The molecule has 0 radical (unpaired) electrons. The van der Waals surface area contributed by atoms with E-state index in [2.05, 4.69) is 37.5 Å². The van der Waals surface area contributed by atoms with E-state index in [1.165, 1.54) is 0 Å². The molecule has 1 saturated heterocycles. The smallest absolute Gasteiger partial charge is 0.264 e. The maximum absolute atomic E-state index is 15.3. The van der Waals surface area contributed by atoms with E-state index in [1.807, 2.05) is 97.1 Å². The van der Waals surface area contributed by atoms with Crippen molar-refractivity contribution >= 4 is 54.0 Å². The molecule has 294 valence electrons. The summed E-state index contributed by atoms with van der Waals surface area (Å²) < 4.78 is 12.7. The van der Waals surface area contributed by atoms with Crippen LogP contribution in [-0.2, 0) is 33.0 Å². The largest absolute Gasteiger partial charge is 0.497 e. The van der Waals surface area contributed by atoms with Gasteiger partial charge < -0.3 is 29.7 Å². The van der Waals surface area contributed by atoms with Gasteiger partial charge in [0.15, 0.2) is 5.60 Å². The van der Waals surface area contributed by atoms with Crippen molar-refractivity contribution in [3.63, 3.8) is 0 Å². The lowest BCUT2D eigenvalue weighted by Gasteiger charge is -2.37. The van der Waals surface area contributed by atoms with Crippen LogP contribution in [0.15, 0.2) is 127 Å². The number of carbonyl (C=O) groups is 3. The molecule has 0 aromatic heterocycles. The molecule has 2 heterocycles. The number of hydrogen-bond acceptors (Lipinski definition) is 6. The monoisotopic (exact) mass is 801 g/mol. The Morgan fingerprint density at radius 1 is 0.912 bits per heavy atom. The molecular weight excluding hydrogens is 754 g/mol. The number of aliphatic hydroxyl groups excluding tert-OH is 1. The second-order valence-corrected chi connectivity index (χ2v) is 20.6. The van der Waals surface area contributed by atoms with Gasteiger partial charge in [0, 0.05) is 40.8 Å². The summed E-state index contributed by atoms with van der Waals surface area (Å²) in [5, 5.41) is 14.6. The van der Waals surface area contributed by atoms with Crippen LogP contribution >= 0.6 is 11.6 Å². The zero-order valence-electron chi connectivity index (χ0n) is 32.7. The van der Waals surface area contributed by atoms with Gasteiger partial charge in [-0.1, -0.05) is 110 Å². The molecule has 4 atom stereocenters. The van der Waals surface area contributed by atoms with E-state index in [1.54, 1.807) is 35.1 Å². The van der Waals surface area contributed by atoms with Crippen LogP contribution in [0.25, 0.3) is 0 Å². The Morgan fingerprint density at radius 3 is 2.28 bits per heavy atom. The number of halogens is 1. The van der Waals surface area contributed by atoms with E-state index >= 15 is 4.79 Å². The van der Waals surface area contributed by atoms with Crippen molar-refractivity contribution < 1.29 is 29.0 Å². The molecule has 9 nitrogen and oxygen atoms in total. The first kappa shape index (κ1) is 40.0. The van der Waals surface area contributed by atoms with E-state index in [0.717, 1.165) is 22.1 Å². The van der Waals surface area contributed by atoms with E-state index < -0.39 is 19.8 Å². The standard InChI is InChI=1S/C46H48ClN3O6Si/c1-31-43(57(3,4)38-21-19-37(55-2)20-22-38)41(28-42(52)49(24-25-51)29-32-12-7-5-8-13-32)56-46(31)39-27-35(47)18-23-40(39)50(45(46)54)30-33-14-11-17-36(26-33)48-44(53)34-15-9-6-10-16-34/h5-23,26-27,31,41,43,51H,24-25,28-30H2,1-4H3,(H,48,53)/t31-,41+,43-,46+/m0/s1. The minimum atomic E-state index is -2.55. The molecule has 2 aliphatic rings. The molecule has 0 bridgehead atoms. The van der Waals surface area contributed by atoms with Gasteiger partial charge in [-0.2, -0.15) is 0 Å². The lowest BCUT2D eigenvalue weighted by atomic mass is 9.82. The van der Waals surface area contributed by atoms with Crippen molar-refractivity contribution in [1.29, 1.82) is 0 Å². The molecule has 7 rings (SSSR count). The molecule has 0 saturated carbocycles. The van der Waals surface area contributed by atoms with Crippen LogP contribution in [0.2, 0.25) is 23.7 Å². The average molecular weight is 802 g/mol. The molecule has 0 unspecified atom stereocenters. The third-order valence-electron chi connectivity index (χ3n) is 11.7. The molecule has 1 fully saturated rings. The van der Waals surface area contributed by atoms with Gasteiger partial charge in [-0.05, 0) is 71.3 Å². The van der Waals surface area contributed by atoms with Gasteiger partial charge in [-0.25, -0.2) is 0 Å². The van der Waals surface area contributed by atoms with Crippen LogP contribution in [0.3, 0.4) is 0 Å². The Bertz CT molecular complexity index is 2240. The maximum atomic E-state index is 15.3. The van der Waals surface area contributed by atoms with Gasteiger partial charge in [0.1, 0.15) is 5.75 Å². The Hall–Kier alpha value is -5.26. The van der Waals surface area contributed by atoms with E-state index in [9.17, 15) is 14.7 Å². The van der Waals surface area contributed by atoms with Crippen LogP contribution in [-0.4, -0.2) is 62.2 Å². The quantitative estimate of drug-likeness (QED) is 0.118. The molecule has 2 aliphatic heterocycles. The first-order chi connectivity index (χ1) is 27.5. The Morgan fingerprint density at radius 2 is 1.60 bits per heavy atom. The van der Waals surface area contributed by atoms with Gasteiger partial charge in [0.05, 0.1) is 46.5 Å². The van der Waals surface area contributed by atoms with E-state index in [0.29, 0.717) is 34.1 Å². The Balaban J connectivity index is 1.25. The summed E-state index contributed by atoms with van der Waals surface area (Å²) in [6, 6.07) is 39.8. The summed E-state index contributed by atoms with van der Waals surface area (Å²) >= 11 is 6.72. The number of hydrogen-bond donors (Lipinski definition) is 2. The molecule has 0 aliphatic carbocycles. The van der Waals surface area contributed by atoms with Crippen molar-refractivity contribution in [1.82, 2.24) is 4.90 Å². The fourth-order valence-corrected chi connectivity index (χ4v) is 13.1. The first-order valence-corrected chi connectivity index (χ1v) is 22.7. The SMILES string of the molecule is COc1ccc([Si](C)(C)[C@@H]2[C@@H](CC(=O)N(CCO)Cc3ccccc3)O[C@]3(C(=O)N(Cc4cccc(NC(=O)c5ccccc5)c4)c4ccc(Cl)cc43)[C@H]2C)cc1. The molecule has 2 N–H and O–H groups in total. The molecule has 3 amide bonds. The third-order valence-corrected chi connectivity index (χ3v) is 16.3. The highest BCUT2D eigenvalue weighted by atomic mass is 35.5. The minimum absolute atomic E-state index is 0.0303. The number of carbonyl (C=O) groups excluding carboxylic acids is 3. The van der Waals surface area contributed by atoms with E-state index in [-0.39, 0.29) is 55.3 Å². The van der Waals surface area contributed by atoms with E-state index in [4.69, 9.17) is 21.1 Å². The summed E-state index contributed by atoms with van der Waals surface area (Å²) in [6.07, 6.45) is -0.594. The average Bonchev–Trinajstić information content (AvgIpc) is 3.64. The van der Waals surface area contributed by atoms with Crippen molar-refractivity contribution in [3.8, 4) is 5.75 Å². The second kappa shape index (κ2) is 16.7. The highest BCUT2D eigenvalue weighted by molar-refractivity contribution is 6.91. The Kier molecular flexibility index (Phi) is 11.7. The van der Waals surface area contributed by atoms with Crippen LogP contribution in [0, 0.1) is 5.92 Å². The third kappa shape index (κ3) is 7.87. The zero-order valence-corrected chi connectivity index (χ0v) is 34.4.